The minimum absolute atomic E-state index is 0.164. The van der Waals surface area contributed by atoms with Crippen molar-refractivity contribution in [3.63, 3.8) is 0 Å². The van der Waals surface area contributed by atoms with E-state index in [0.29, 0.717) is 52.9 Å². The van der Waals surface area contributed by atoms with Crippen molar-refractivity contribution < 1.29 is 27.0 Å². The van der Waals surface area contributed by atoms with Crippen LogP contribution in [0, 0.1) is 11.8 Å². The van der Waals surface area contributed by atoms with Crippen molar-refractivity contribution in [3.8, 4) is 17.6 Å². The monoisotopic (exact) mass is 663 g/mol. The topological polar surface area (TPSA) is 45.8 Å². The lowest BCUT2D eigenvalue weighted by atomic mass is 9.98. The van der Waals surface area contributed by atoms with Gasteiger partial charge < -0.3 is 20.1 Å². The molecular weight excluding hydrogens is 621 g/mol. The minimum atomic E-state index is -4.40. The van der Waals surface area contributed by atoms with E-state index in [1.807, 2.05) is 6.07 Å². The summed E-state index contributed by atoms with van der Waals surface area (Å²) in [5, 5.41) is 8.31. The molecule has 0 amide bonds. The third kappa shape index (κ3) is 7.88. The van der Waals surface area contributed by atoms with Crippen molar-refractivity contribution in [1.29, 1.82) is 0 Å². The molecule has 244 valence electrons. The summed E-state index contributed by atoms with van der Waals surface area (Å²) in [6, 6.07) is 7.30. The van der Waals surface area contributed by atoms with Gasteiger partial charge in [-0.05, 0) is 66.1 Å². The van der Waals surface area contributed by atoms with E-state index in [4.69, 9.17) is 9.47 Å². The number of rotatable bonds is 9. The molecule has 2 N–H and O–H groups in total. The molecule has 5 rings (SSSR count). The highest BCUT2D eigenvalue weighted by Crippen LogP contribution is 2.40. The van der Waals surface area contributed by atoms with E-state index in [2.05, 4.69) is 56.5 Å². The van der Waals surface area contributed by atoms with Crippen molar-refractivity contribution in [2.45, 2.75) is 76.8 Å². The van der Waals surface area contributed by atoms with Crippen molar-refractivity contribution >= 4 is 47.3 Å². The lowest BCUT2D eigenvalue weighted by Crippen LogP contribution is -2.52. The first-order chi connectivity index (χ1) is 21.6. The maximum absolute atomic E-state index is 15.4. The number of thiophene rings is 1. The zero-order valence-electron chi connectivity index (χ0n) is 26.1. The molecule has 3 aromatic rings. The largest absolute Gasteiger partial charge is 0.494 e. The van der Waals surface area contributed by atoms with Gasteiger partial charge in [0.15, 0.2) is 0 Å². The summed E-state index contributed by atoms with van der Waals surface area (Å²) in [5.41, 5.74) is 3.84. The van der Waals surface area contributed by atoms with Crippen LogP contribution in [-0.4, -0.2) is 69.3 Å². The fourth-order valence-corrected chi connectivity index (χ4v) is 8.24. The molecule has 2 aliphatic heterocycles. The highest BCUT2D eigenvalue weighted by molar-refractivity contribution is 7.27. The average molecular weight is 664 g/mol. The van der Waals surface area contributed by atoms with Gasteiger partial charge in [0.1, 0.15) is 11.9 Å². The zero-order chi connectivity index (χ0) is 32.1. The number of halogens is 4. The molecule has 0 saturated carbocycles. The summed E-state index contributed by atoms with van der Waals surface area (Å²) in [5.74, 6) is 6.86. The van der Waals surface area contributed by atoms with Crippen LogP contribution in [0.25, 0.3) is 10.1 Å². The van der Waals surface area contributed by atoms with Crippen LogP contribution in [0.4, 0.5) is 28.9 Å². The molecule has 2 fully saturated rings. The predicted octanol–water partition coefficient (Wildman–Crippen LogP) is 7.11. The highest BCUT2D eigenvalue weighted by atomic mass is 32.1. The Kier molecular flexibility index (Phi) is 11.2. The SMILES string of the molecule is CCc1cc(P)c(CC)c(OC)c1NCC#Cc1sc2c(N[C@@H]3CCN(C4CCOCC4)C[C@@H]3F)cccc2c1CC(F)(F)F. The normalized spacial score (nSPS) is 19.7. The molecule has 3 heterocycles. The molecule has 2 aliphatic rings. The van der Waals surface area contributed by atoms with Crippen LogP contribution in [0.5, 0.6) is 5.75 Å². The number of piperidine rings is 1. The number of aryl methyl sites for hydroxylation is 1. The van der Waals surface area contributed by atoms with Gasteiger partial charge >= 0.3 is 6.18 Å². The molecule has 5 nitrogen and oxygen atoms in total. The summed E-state index contributed by atoms with van der Waals surface area (Å²) >= 11 is 1.24. The Balaban J connectivity index is 1.38. The number of hydrogen-bond donors (Lipinski definition) is 2. The smallest absolute Gasteiger partial charge is 0.393 e. The Labute approximate surface area is 269 Å². The van der Waals surface area contributed by atoms with E-state index in [9.17, 15) is 13.2 Å². The molecule has 11 heteroatoms. The van der Waals surface area contributed by atoms with Crippen molar-refractivity contribution in [1.82, 2.24) is 4.90 Å². The van der Waals surface area contributed by atoms with Gasteiger partial charge in [0.05, 0.1) is 47.1 Å². The molecular formula is C34H42F4N3O2PS. The second-order valence-electron chi connectivity index (χ2n) is 11.7. The molecule has 0 bridgehead atoms. The summed E-state index contributed by atoms with van der Waals surface area (Å²) in [4.78, 5) is 2.60. The molecule has 0 aliphatic carbocycles. The first-order valence-corrected chi connectivity index (χ1v) is 17.1. The fraction of sp³-hybridized carbons (Fsp3) is 0.529. The third-order valence-electron chi connectivity index (χ3n) is 8.81. The van der Waals surface area contributed by atoms with E-state index in [1.165, 1.54) is 11.3 Å². The minimum Gasteiger partial charge on any atom is -0.494 e. The number of likely N-dealkylation sites (tertiary alicyclic amines) is 1. The number of alkyl halides is 4. The first kappa shape index (κ1) is 33.8. The van der Waals surface area contributed by atoms with Gasteiger partial charge in [-0.15, -0.1) is 20.6 Å². The number of hydrogen-bond acceptors (Lipinski definition) is 6. The van der Waals surface area contributed by atoms with Gasteiger partial charge in [-0.2, -0.15) is 13.2 Å². The Bertz CT molecular complexity index is 1540. The molecule has 0 radical (unpaired) electrons. The summed E-state index contributed by atoms with van der Waals surface area (Å²) in [6.45, 7) is 6.90. The van der Waals surface area contributed by atoms with Gasteiger partial charge in [0.2, 0.25) is 0 Å². The van der Waals surface area contributed by atoms with E-state index >= 15 is 4.39 Å². The number of ether oxygens (including phenoxy) is 2. The van der Waals surface area contributed by atoms with Crippen LogP contribution in [0.3, 0.4) is 0 Å². The molecule has 1 unspecified atom stereocenters. The van der Waals surface area contributed by atoms with Gasteiger partial charge in [0, 0.05) is 37.9 Å². The Morgan fingerprint density at radius 2 is 1.91 bits per heavy atom. The molecule has 2 saturated heterocycles. The van der Waals surface area contributed by atoms with E-state index in [1.54, 1.807) is 19.2 Å². The van der Waals surface area contributed by atoms with Crippen molar-refractivity contribution in [2.75, 3.05) is 50.6 Å². The zero-order valence-corrected chi connectivity index (χ0v) is 28.1. The number of benzene rings is 2. The predicted molar refractivity (Wildman–Crippen MR) is 180 cm³/mol. The van der Waals surface area contributed by atoms with E-state index in [0.717, 1.165) is 60.1 Å². The Morgan fingerprint density at radius 1 is 1.13 bits per heavy atom. The van der Waals surface area contributed by atoms with Crippen LogP contribution < -0.4 is 20.7 Å². The average Bonchev–Trinajstić information content (AvgIpc) is 3.36. The number of methoxy groups -OCH3 is 1. The second-order valence-corrected chi connectivity index (χ2v) is 13.3. The van der Waals surface area contributed by atoms with Gasteiger partial charge in [-0.25, -0.2) is 4.39 Å². The summed E-state index contributed by atoms with van der Waals surface area (Å²) in [7, 11) is 4.41. The lowest BCUT2D eigenvalue weighted by Gasteiger charge is -2.41. The maximum atomic E-state index is 15.4. The van der Waals surface area contributed by atoms with Crippen LogP contribution in [-0.2, 0) is 24.0 Å². The van der Waals surface area contributed by atoms with Crippen LogP contribution in [0.2, 0.25) is 0 Å². The summed E-state index contributed by atoms with van der Waals surface area (Å²) < 4.78 is 68.7. The maximum Gasteiger partial charge on any atom is 0.393 e. The molecule has 3 atom stereocenters. The lowest BCUT2D eigenvalue weighted by molar-refractivity contribution is -0.126. The molecule has 2 aromatic carbocycles. The third-order valence-corrected chi connectivity index (χ3v) is 10.5. The highest BCUT2D eigenvalue weighted by Gasteiger charge is 2.34. The first-order valence-electron chi connectivity index (χ1n) is 15.7. The summed E-state index contributed by atoms with van der Waals surface area (Å²) in [6.07, 6.45) is -2.53. The number of fused-ring (bicyclic) bond motifs is 1. The molecule has 0 spiro atoms. The van der Waals surface area contributed by atoms with Crippen molar-refractivity contribution in [3.05, 3.63) is 45.8 Å². The van der Waals surface area contributed by atoms with Crippen LogP contribution in [0.15, 0.2) is 24.3 Å². The van der Waals surface area contributed by atoms with Gasteiger partial charge in [0.25, 0.3) is 0 Å². The van der Waals surface area contributed by atoms with Crippen LogP contribution >= 0.6 is 20.6 Å². The van der Waals surface area contributed by atoms with E-state index < -0.39 is 24.8 Å². The second kappa shape index (κ2) is 14.9. The molecule has 45 heavy (non-hydrogen) atoms. The van der Waals surface area contributed by atoms with Crippen LogP contribution in [0.1, 0.15) is 54.7 Å². The molecule has 1 aromatic heterocycles. The fourth-order valence-electron chi connectivity index (χ4n) is 6.53. The number of anilines is 2. The Hall–Kier alpha value is -2.57. The van der Waals surface area contributed by atoms with Gasteiger partial charge in [-0.3, -0.25) is 4.90 Å². The standard InChI is InChI=1S/C34H42F4N3O2PS/c1-4-21-18-29(44)23(5-2)32(42-3)31(21)39-14-7-10-30-25(19-34(36,37)38)24-8-6-9-28(33(24)45-30)40-27-11-15-41(20-26(27)35)22-12-16-43-17-13-22/h6,8-9,18,22,26-27,39-40H,4-5,11-17,19-20,44H2,1-3H3/t26-,27+/m0/s1. The number of nitrogens with zero attached hydrogens (tertiary/aromatic N) is 1. The van der Waals surface area contributed by atoms with E-state index in [-0.39, 0.29) is 12.1 Å². The van der Waals surface area contributed by atoms with Gasteiger partial charge in [-0.1, -0.05) is 37.8 Å². The quantitative estimate of drug-likeness (QED) is 0.145. The number of nitrogens with one attached hydrogen (secondary N) is 2. The van der Waals surface area contributed by atoms with Crippen molar-refractivity contribution in [2.24, 2.45) is 0 Å². The Morgan fingerprint density at radius 3 is 2.58 bits per heavy atom.